The van der Waals surface area contributed by atoms with E-state index in [1.165, 1.54) is 0 Å². The molecule has 0 aliphatic rings. The second-order valence-electron chi connectivity index (χ2n) is 5.61. The molecule has 1 unspecified atom stereocenters. The van der Waals surface area contributed by atoms with E-state index in [4.69, 9.17) is 11.6 Å². The molecule has 1 N–H and O–H groups in total. The Morgan fingerprint density at radius 1 is 1.25 bits per heavy atom. The molecule has 0 bridgehead atoms. The van der Waals surface area contributed by atoms with E-state index in [1.54, 1.807) is 47.3 Å². The molecule has 3 aromatic heterocycles. The Labute approximate surface area is 166 Å². The molecule has 11 heteroatoms. The summed E-state index contributed by atoms with van der Waals surface area (Å²) in [5.41, 5.74) is 1.93. The summed E-state index contributed by atoms with van der Waals surface area (Å²) in [7, 11) is 1.81. The van der Waals surface area contributed by atoms with E-state index >= 15 is 0 Å². The van der Waals surface area contributed by atoms with E-state index in [9.17, 15) is 18.9 Å². The molecule has 0 radical (unpaired) electrons. The van der Waals surface area contributed by atoms with Crippen LogP contribution in [0.1, 0.15) is 0 Å². The maximum Gasteiger partial charge on any atom is 0.306 e. The van der Waals surface area contributed by atoms with E-state index in [1.807, 2.05) is 13.2 Å². The van der Waals surface area contributed by atoms with Crippen LogP contribution in [0.5, 0.6) is 0 Å². The second-order valence-corrected chi connectivity index (χ2v) is 6.93. The molecule has 3 heterocycles. The van der Waals surface area contributed by atoms with Crippen LogP contribution in [0.2, 0.25) is 5.02 Å². The van der Waals surface area contributed by atoms with Crippen LogP contribution in [0.15, 0.2) is 59.9 Å². The minimum absolute atomic E-state index is 0.0846. The van der Waals surface area contributed by atoms with Crippen LogP contribution >= 0.6 is 11.6 Å². The Bertz CT molecular complexity index is 1160. The molecule has 0 amide bonds. The van der Waals surface area contributed by atoms with Crippen molar-refractivity contribution < 1.29 is 13.7 Å². The van der Waals surface area contributed by atoms with Gasteiger partial charge in [0.1, 0.15) is 16.9 Å². The van der Waals surface area contributed by atoms with Crippen LogP contribution in [-0.4, -0.2) is 33.4 Å². The maximum atomic E-state index is 10.8. The van der Waals surface area contributed by atoms with E-state index in [0.29, 0.717) is 15.9 Å². The van der Waals surface area contributed by atoms with Crippen molar-refractivity contribution in [1.29, 1.82) is 0 Å². The predicted octanol–water partition coefficient (Wildman–Crippen LogP) is 3.45. The van der Waals surface area contributed by atoms with Crippen LogP contribution in [-0.2, 0) is 18.1 Å². The minimum atomic E-state index is -2.08. The lowest BCUT2D eigenvalue weighted by molar-refractivity contribution is -0.384. The summed E-state index contributed by atoms with van der Waals surface area (Å²) in [4.78, 5) is 17.7. The van der Waals surface area contributed by atoms with Gasteiger partial charge in [-0.3, -0.25) is 19.0 Å². The third-order valence-corrected chi connectivity index (χ3v) is 4.78. The highest BCUT2D eigenvalue weighted by Gasteiger charge is 2.18. The van der Waals surface area contributed by atoms with Gasteiger partial charge in [0.15, 0.2) is 0 Å². The van der Waals surface area contributed by atoms with Crippen LogP contribution in [0.25, 0.3) is 22.3 Å². The van der Waals surface area contributed by atoms with Gasteiger partial charge in [-0.25, -0.2) is 4.98 Å². The molecule has 0 spiro atoms. The summed E-state index contributed by atoms with van der Waals surface area (Å²) >= 11 is 3.94. The fourth-order valence-electron chi connectivity index (χ4n) is 2.41. The van der Waals surface area contributed by atoms with Crippen LogP contribution < -0.4 is 0 Å². The standard InChI is InChI=1S/C11H8ClN5O2.C6H6O2S/c1-16-5-6(3-14-16)8-2-7-10(12)9(17(18)19)4-13-11(7)15-8;7-9(8)6-4-2-1-3-5-6/h2-5H,1H3,(H,13,15);1-5H,(H,7,8)/p-1. The van der Waals surface area contributed by atoms with Gasteiger partial charge in [-0.2, -0.15) is 5.10 Å². The highest BCUT2D eigenvalue weighted by Crippen LogP contribution is 2.33. The third kappa shape index (κ3) is 4.25. The SMILES string of the molecule is Cn1cc(-c2cc3c(Cl)c([N+](=O)[O-])cnc3[nH]2)cn1.O=S([O-])c1ccccc1. The average molecular weight is 419 g/mol. The number of aromatic nitrogens is 4. The fourth-order valence-corrected chi connectivity index (χ4v) is 3.05. The number of halogens is 1. The molecular formula is C17H13ClN5O4S-. The molecule has 0 saturated heterocycles. The van der Waals surface area contributed by atoms with Crippen LogP contribution in [0.4, 0.5) is 5.69 Å². The molecule has 1 aromatic carbocycles. The van der Waals surface area contributed by atoms with Crippen molar-refractivity contribution >= 4 is 39.4 Å². The molecule has 28 heavy (non-hydrogen) atoms. The number of aryl methyl sites for hydroxylation is 1. The highest BCUT2D eigenvalue weighted by molar-refractivity contribution is 7.79. The normalized spacial score (nSPS) is 11.7. The average Bonchev–Trinajstić information content (AvgIpc) is 3.29. The fraction of sp³-hybridized carbons (Fsp3) is 0.0588. The van der Waals surface area contributed by atoms with Crippen molar-refractivity contribution in [2.45, 2.75) is 4.90 Å². The number of hydrogen-bond donors (Lipinski definition) is 1. The number of nitro groups is 1. The molecule has 0 aliphatic carbocycles. The van der Waals surface area contributed by atoms with Gasteiger partial charge < -0.3 is 9.54 Å². The van der Waals surface area contributed by atoms with E-state index < -0.39 is 16.0 Å². The monoisotopic (exact) mass is 418 g/mol. The van der Waals surface area contributed by atoms with Gasteiger partial charge in [0.25, 0.3) is 0 Å². The summed E-state index contributed by atoms with van der Waals surface area (Å²) < 4.78 is 22.1. The smallest absolute Gasteiger partial charge is 0.306 e. The minimum Gasteiger partial charge on any atom is -0.768 e. The lowest BCUT2D eigenvalue weighted by Gasteiger charge is -2.01. The molecule has 4 aromatic rings. The zero-order valence-electron chi connectivity index (χ0n) is 14.4. The Balaban J connectivity index is 0.000000211. The topological polar surface area (TPSA) is 130 Å². The number of fused-ring (bicyclic) bond motifs is 1. The molecule has 1 atom stereocenters. The van der Waals surface area contributed by atoms with Gasteiger partial charge in [0, 0.05) is 29.1 Å². The van der Waals surface area contributed by atoms with Crippen molar-refractivity contribution in [2.75, 3.05) is 0 Å². The van der Waals surface area contributed by atoms with E-state index in [0.717, 1.165) is 17.5 Å². The lowest BCUT2D eigenvalue weighted by Crippen LogP contribution is -1.90. The number of aromatic amines is 1. The largest absolute Gasteiger partial charge is 0.768 e. The number of nitrogens with one attached hydrogen (secondary N) is 1. The number of pyridine rings is 1. The predicted molar refractivity (Wildman–Crippen MR) is 104 cm³/mol. The van der Waals surface area contributed by atoms with Gasteiger partial charge in [-0.1, -0.05) is 29.8 Å². The molecule has 0 fully saturated rings. The Hall–Kier alpha value is -3.08. The van der Waals surface area contributed by atoms with Gasteiger partial charge in [-0.15, -0.1) is 0 Å². The van der Waals surface area contributed by atoms with Crippen LogP contribution in [0.3, 0.4) is 0 Å². The van der Waals surface area contributed by atoms with Crippen molar-refractivity contribution in [3.8, 4) is 11.3 Å². The number of benzene rings is 1. The highest BCUT2D eigenvalue weighted by atomic mass is 35.5. The number of hydrogen-bond acceptors (Lipinski definition) is 6. The van der Waals surface area contributed by atoms with Crippen LogP contribution in [0, 0.1) is 10.1 Å². The zero-order valence-corrected chi connectivity index (χ0v) is 16.0. The molecule has 4 rings (SSSR count). The first-order valence-corrected chi connectivity index (χ1v) is 9.27. The third-order valence-electron chi connectivity index (χ3n) is 3.72. The van der Waals surface area contributed by atoms with Crippen molar-refractivity contribution in [1.82, 2.24) is 19.7 Å². The van der Waals surface area contributed by atoms with Gasteiger partial charge >= 0.3 is 5.69 Å². The number of rotatable bonds is 3. The summed E-state index contributed by atoms with van der Waals surface area (Å²) in [6.45, 7) is 0. The van der Waals surface area contributed by atoms with Gasteiger partial charge in [0.05, 0.1) is 16.8 Å². The van der Waals surface area contributed by atoms with E-state index in [2.05, 4.69) is 15.1 Å². The molecular weight excluding hydrogens is 406 g/mol. The molecule has 144 valence electrons. The summed E-state index contributed by atoms with van der Waals surface area (Å²) in [5, 5.41) is 15.5. The summed E-state index contributed by atoms with van der Waals surface area (Å²) in [6, 6.07) is 9.97. The van der Waals surface area contributed by atoms with Gasteiger partial charge in [0.2, 0.25) is 0 Å². The lowest BCUT2D eigenvalue weighted by atomic mass is 10.2. The molecule has 0 aliphatic heterocycles. The van der Waals surface area contributed by atoms with Crippen molar-refractivity contribution in [3.05, 3.63) is 70.1 Å². The Morgan fingerprint density at radius 3 is 2.50 bits per heavy atom. The molecule has 9 nitrogen and oxygen atoms in total. The van der Waals surface area contributed by atoms with Gasteiger partial charge in [-0.05, 0) is 29.3 Å². The Morgan fingerprint density at radius 2 is 1.96 bits per heavy atom. The zero-order chi connectivity index (χ0) is 20.3. The van der Waals surface area contributed by atoms with Crippen molar-refractivity contribution in [2.24, 2.45) is 7.05 Å². The number of nitrogens with zero attached hydrogens (tertiary/aromatic N) is 4. The number of H-pyrrole nitrogens is 1. The Kier molecular flexibility index (Phi) is 5.83. The molecule has 0 saturated carbocycles. The van der Waals surface area contributed by atoms with E-state index in [-0.39, 0.29) is 10.7 Å². The summed E-state index contributed by atoms with van der Waals surface area (Å²) in [5.74, 6) is 0. The second kappa shape index (κ2) is 8.30. The first-order valence-electron chi connectivity index (χ1n) is 7.81. The summed E-state index contributed by atoms with van der Waals surface area (Å²) in [6.07, 6.45) is 4.66. The first kappa shape index (κ1) is 19.7. The van der Waals surface area contributed by atoms with Crippen molar-refractivity contribution in [3.63, 3.8) is 0 Å². The first-order chi connectivity index (χ1) is 13.4. The maximum absolute atomic E-state index is 10.8. The quantitative estimate of drug-likeness (QED) is 0.308.